The molecule has 0 aliphatic carbocycles. The number of hydrogen-bond donors (Lipinski definition) is 0. The maximum Gasteiger partial charge on any atom is 0.172 e. The largest absolute Gasteiger partial charge is 0.303 e. The molecular formula is C16H32O5S2. The van der Waals surface area contributed by atoms with E-state index < -0.39 is 45.1 Å². The van der Waals surface area contributed by atoms with Crippen LogP contribution in [0.15, 0.2) is 0 Å². The Labute approximate surface area is 142 Å². The molecule has 0 aliphatic rings. The molecule has 0 aromatic rings. The molecule has 0 bridgehead atoms. The summed E-state index contributed by atoms with van der Waals surface area (Å²) in [6.45, 7) is 14.3. The third-order valence-electron chi connectivity index (χ3n) is 4.12. The minimum Gasteiger partial charge on any atom is -0.303 e. The lowest BCUT2D eigenvalue weighted by Gasteiger charge is -2.35. The highest BCUT2D eigenvalue weighted by Crippen LogP contribution is 2.37. The minimum absolute atomic E-state index is 0.216. The zero-order chi connectivity index (χ0) is 19.1. The SMILES string of the molecule is CC(C)(C)[C@@H](C=O)CC(S(=O)(=O)C(C)(C)C)S(=O)(=O)C(C)(C)C. The van der Waals surface area contributed by atoms with Gasteiger partial charge in [0.2, 0.25) is 0 Å². The van der Waals surface area contributed by atoms with E-state index in [1.165, 1.54) is 41.5 Å². The Hall–Kier alpha value is -0.430. The Bertz CT molecular complexity index is 579. The number of rotatable bonds is 5. The first-order valence-corrected chi connectivity index (χ1v) is 10.8. The van der Waals surface area contributed by atoms with Gasteiger partial charge in [-0.05, 0) is 53.4 Å². The highest BCUT2D eigenvalue weighted by Gasteiger charge is 2.50. The molecule has 0 N–H and O–H groups in total. The molecule has 0 saturated carbocycles. The summed E-state index contributed by atoms with van der Waals surface area (Å²) in [6, 6.07) is 0. The summed E-state index contributed by atoms with van der Waals surface area (Å²) < 4.78 is 47.7. The minimum atomic E-state index is -3.99. The molecule has 0 rings (SSSR count). The van der Waals surface area contributed by atoms with E-state index in [4.69, 9.17) is 0 Å². The zero-order valence-electron chi connectivity index (χ0n) is 15.8. The number of sulfone groups is 2. The second-order valence-electron chi connectivity index (χ2n) is 9.09. The quantitative estimate of drug-likeness (QED) is 0.696. The van der Waals surface area contributed by atoms with Gasteiger partial charge in [-0.1, -0.05) is 20.8 Å². The molecule has 0 spiro atoms. The van der Waals surface area contributed by atoms with Crippen LogP contribution in [0.25, 0.3) is 0 Å². The molecule has 23 heavy (non-hydrogen) atoms. The molecule has 0 fully saturated rings. The van der Waals surface area contributed by atoms with Crippen molar-refractivity contribution in [1.82, 2.24) is 0 Å². The third-order valence-corrected chi connectivity index (χ3v) is 10.8. The van der Waals surface area contributed by atoms with Gasteiger partial charge in [-0.2, -0.15) is 0 Å². The van der Waals surface area contributed by atoms with E-state index in [2.05, 4.69) is 0 Å². The lowest BCUT2D eigenvalue weighted by Crippen LogP contribution is -2.49. The van der Waals surface area contributed by atoms with Crippen molar-refractivity contribution in [2.45, 2.75) is 82.8 Å². The van der Waals surface area contributed by atoms with Crippen LogP contribution in [0.3, 0.4) is 0 Å². The van der Waals surface area contributed by atoms with E-state index >= 15 is 0 Å². The lowest BCUT2D eigenvalue weighted by atomic mass is 9.80. The van der Waals surface area contributed by atoms with E-state index in [9.17, 15) is 21.6 Å². The molecule has 5 nitrogen and oxygen atoms in total. The van der Waals surface area contributed by atoms with Crippen molar-refractivity contribution in [3.05, 3.63) is 0 Å². The molecule has 0 unspecified atom stereocenters. The van der Waals surface area contributed by atoms with Crippen molar-refractivity contribution in [2.75, 3.05) is 0 Å². The highest BCUT2D eigenvalue weighted by atomic mass is 32.3. The fourth-order valence-corrected chi connectivity index (χ4v) is 7.59. The molecule has 0 aliphatic heterocycles. The summed E-state index contributed by atoms with van der Waals surface area (Å²) in [5, 5.41) is 0. The van der Waals surface area contributed by atoms with Gasteiger partial charge in [-0.25, -0.2) is 16.8 Å². The molecule has 0 amide bonds. The standard InChI is InChI=1S/C16H32O5S2/c1-14(2,3)12(11-17)10-13(22(18,19)15(4,5)6)23(20,21)16(7,8)9/h11-13H,10H2,1-9H3/t12-/m1/s1. The van der Waals surface area contributed by atoms with Gasteiger partial charge in [0.1, 0.15) is 6.29 Å². The Morgan fingerprint density at radius 2 is 1.04 bits per heavy atom. The summed E-state index contributed by atoms with van der Waals surface area (Å²) in [7, 11) is -7.98. The number of carbonyl (C=O) groups excluding carboxylic acids is 1. The van der Waals surface area contributed by atoms with Gasteiger partial charge < -0.3 is 4.79 Å². The van der Waals surface area contributed by atoms with E-state index in [-0.39, 0.29) is 6.42 Å². The van der Waals surface area contributed by atoms with Gasteiger partial charge in [-0.3, -0.25) is 0 Å². The van der Waals surface area contributed by atoms with Crippen molar-refractivity contribution < 1.29 is 21.6 Å². The normalized spacial score (nSPS) is 16.4. The molecule has 0 saturated heterocycles. The number of hydrogen-bond acceptors (Lipinski definition) is 5. The van der Waals surface area contributed by atoms with Crippen LogP contribution < -0.4 is 0 Å². The average Bonchev–Trinajstić information content (AvgIpc) is 2.23. The highest BCUT2D eigenvalue weighted by molar-refractivity contribution is 8.10. The Kier molecular flexibility index (Phi) is 6.35. The molecule has 0 aromatic heterocycles. The predicted octanol–water partition coefficient (Wildman–Crippen LogP) is 2.99. The molecular weight excluding hydrogens is 336 g/mol. The van der Waals surface area contributed by atoms with Gasteiger partial charge in [0.05, 0.1) is 9.49 Å². The maximum atomic E-state index is 12.9. The van der Waals surface area contributed by atoms with E-state index in [1.54, 1.807) is 20.8 Å². The van der Waals surface area contributed by atoms with Gasteiger partial charge in [0.25, 0.3) is 0 Å². The van der Waals surface area contributed by atoms with Crippen LogP contribution in [0.2, 0.25) is 0 Å². The van der Waals surface area contributed by atoms with Gasteiger partial charge >= 0.3 is 0 Å². The molecule has 0 aromatic carbocycles. The van der Waals surface area contributed by atoms with Crippen LogP contribution in [-0.4, -0.2) is 37.2 Å². The molecule has 138 valence electrons. The third kappa shape index (κ3) is 4.78. The Balaban J connectivity index is 6.35. The lowest BCUT2D eigenvalue weighted by molar-refractivity contribution is -0.113. The smallest absolute Gasteiger partial charge is 0.172 e. The Morgan fingerprint density at radius 3 is 1.22 bits per heavy atom. The maximum absolute atomic E-state index is 12.9. The van der Waals surface area contributed by atoms with Crippen molar-refractivity contribution >= 4 is 26.0 Å². The summed E-state index contributed by atoms with van der Waals surface area (Å²) in [6.07, 6.45) is 0.454. The van der Waals surface area contributed by atoms with E-state index in [0.29, 0.717) is 6.29 Å². The van der Waals surface area contributed by atoms with Crippen molar-refractivity contribution in [3.8, 4) is 0 Å². The van der Waals surface area contributed by atoms with Crippen LogP contribution in [0.5, 0.6) is 0 Å². The fourth-order valence-electron chi connectivity index (χ4n) is 2.03. The first-order chi connectivity index (χ1) is 9.80. The first kappa shape index (κ1) is 22.6. The molecule has 1 atom stereocenters. The summed E-state index contributed by atoms with van der Waals surface area (Å²) in [4.78, 5) is 11.5. The van der Waals surface area contributed by atoms with Gasteiger partial charge in [-0.15, -0.1) is 0 Å². The Morgan fingerprint density at radius 1 is 0.739 bits per heavy atom. The van der Waals surface area contributed by atoms with Gasteiger partial charge in [0.15, 0.2) is 24.3 Å². The second-order valence-corrected chi connectivity index (χ2v) is 15.2. The van der Waals surface area contributed by atoms with Crippen molar-refractivity contribution in [3.63, 3.8) is 0 Å². The zero-order valence-corrected chi connectivity index (χ0v) is 17.4. The average molecular weight is 369 g/mol. The fraction of sp³-hybridized carbons (Fsp3) is 0.938. The van der Waals surface area contributed by atoms with Crippen LogP contribution in [-0.2, 0) is 24.5 Å². The summed E-state index contributed by atoms with van der Waals surface area (Å²) >= 11 is 0. The summed E-state index contributed by atoms with van der Waals surface area (Å²) in [5.74, 6) is -0.665. The molecule has 0 heterocycles. The van der Waals surface area contributed by atoms with Crippen LogP contribution in [0, 0.1) is 11.3 Å². The van der Waals surface area contributed by atoms with Crippen LogP contribution in [0.4, 0.5) is 0 Å². The van der Waals surface area contributed by atoms with Gasteiger partial charge in [0, 0.05) is 5.92 Å². The molecule has 7 heteroatoms. The molecule has 0 radical (unpaired) electrons. The topological polar surface area (TPSA) is 85.3 Å². The van der Waals surface area contributed by atoms with E-state index in [1.807, 2.05) is 0 Å². The van der Waals surface area contributed by atoms with Crippen molar-refractivity contribution in [2.24, 2.45) is 11.3 Å². The number of carbonyl (C=O) groups is 1. The second kappa shape index (κ2) is 6.47. The predicted molar refractivity (Wildman–Crippen MR) is 94.8 cm³/mol. The number of aldehydes is 1. The van der Waals surface area contributed by atoms with Crippen molar-refractivity contribution in [1.29, 1.82) is 0 Å². The monoisotopic (exact) mass is 368 g/mol. The summed E-state index contributed by atoms with van der Waals surface area (Å²) in [5.41, 5.74) is -0.513. The first-order valence-electron chi connectivity index (χ1n) is 7.72. The van der Waals surface area contributed by atoms with Crippen LogP contribution in [0.1, 0.15) is 68.7 Å². The van der Waals surface area contributed by atoms with Crippen LogP contribution >= 0.6 is 0 Å². The van der Waals surface area contributed by atoms with E-state index in [0.717, 1.165) is 0 Å².